The van der Waals surface area contributed by atoms with Gasteiger partial charge in [0.15, 0.2) is 0 Å². The summed E-state index contributed by atoms with van der Waals surface area (Å²) in [5.74, 6) is 2.21. The maximum atomic E-state index is 17.3. The summed E-state index contributed by atoms with van der Waals surface area (Å²) in [4.78, 5) is 4.72. The molecular weight excluding hydrogens is 1020 g/mol. The fourth-order valence-electron chi connectivity index (χ4n) is 17.4. The predicted octanol–water partition coefficient (Wildman–Crippen LogP) is 20.3. The Balaban J connectivity index is 0.873. The Bertz CT molecular complexity index is 3920. The van der Waals surface area contributed by atoms with Crippen LogP contribution in [0.25, 0.3) is 55.0 Å². The van der Waals surface area contributed by atoms with E-state index >= 15 is 4.39 Å². The molecule has 0 radical (unpaired) electrons. The number of benzene rings is 9. The highest BCUT2D eigenvalue weighted by Gasteiger charge is 2.44. The number of rotatable bonds is 8. The van der Waals surface area contributed by atoms with Crippen LogP contribution < -0.4 is 26.2 Å². The summed E-state index contributed by atoms with van der Waals surface area (Å²) < 4.78 is 22.4. The molecule has 4 aliphatic carbocycles. The average Bonchev–Trinajstić information content (AvgIpc) is 0.989. The lowest BCUT2D eigenvalue weighted by atomic mass is 9.33. The van der Waals surface area contributed by atoms with Gasteiger partial charge in [0, 0.05) is 67.0 Å². The topological polar surface area (TPSA) is 16.3 Å². The van der Waals surface area contributed by atoms with Crippen molar-refractivity contribution >= 4 is 101 Å². The molecule has 6 aliphatic rings. The highest BCUT2D eigenvalue weighted by atomic mass is 19.1. The molecule has 2 aromatic heterocycles. The van der Waals surface area contributed by atoms with Crippen molar-refractivity contribution in [2.45, 2.75) is 152 Å². The molecule has 6 heteroatoms. The lowest BCUT2D eigenvalue weighted by Gasteiger charge is -2.44. The van der Waals surface area contributed by atoms with Crippen LogP contribution in [0.2, 0.25) is 0 Å². The lowest BCUT2D eigenvalue weighted by Crippen LogP contribution is -2.61. The molecule has 0 spiro atoms. The molecule has 4 heterocycles. The van der Waals surface area contributed by atoms with E-state index in [0.717, 1.165) is 51.0 Å². The maximum absolute atomic E-state index is 17.3. The van der Waals surface area contributed by atoms with Gasteiger partial charge in [-0.3, -0.25) is 0 Å². The van der Waals surface area contributed by atoms with Gasteiger partial charge in [-0.2, -0.15) is 0 Å². The quantitative estimate of drug-likeness (QED) is 0.141. The summed E-state index contributed by atoms with van der Waals surface area (Å²) in [5, 5.41) is 5.43. The second-order valence-corrected chi connectivity index (χ2v) is 26.2. The van der Waals surface area contributed by atoms with Gasteiger partial charge in [0.2, 0.25) is 0 Å². The van der Waals surface area contributed by atoms with Crippen LogP contribution in [-0.4, -0.2) is 15.8 Å². The summed E-state index contributed by atoms with van der Waals surface area (Å²) in [6.45, 7) is -0.174. The van der Waals surface area contributed by atoms with Crippen LogP contribution in [0.15, 0.2) is 182 Å². The van der Waals surface area contributed by atoms with Gasteiger partial charge < -0.3 is 18.9 Å². The summed E-state index contributed by atoms with van der Waals surface area (Å²) in [6, 6.07) is 69.2. The Morgan fingerprint density at radius 3 is 0.940 bits per heavy atom. The Morgan fingerprint density at radius 1 is 0.298 bits per heavy atom. The minimum absolute atomic E-state index is 0.174. The van der Waals surface area contributed by atoms with Crippen LogP contribution >= 0.6 is 0 Å². The van der Waals surface area contributed by atoms with Crippen molar-refractivity contribution in [1.82, 2.24) is 9.13 Å². The molecule has 9 aromatic carbocycles. The molecule has 0 bridgehead atoms. The number of hydrogen-bond acceptors (Lipinski definition) is 2. The molecular formula is C78H74BFN4. The molecule has 4 nitrogen and oxygen atoms in total. The zero-order chi connectivity index (χ0) is 55.4. The Labute approximate surface area is 495 Å². The summed E-state index contributed by atoms with van der Waals surface area (Å²) >= 11 is 0. The van der Waals surface area contributed by atoms with Gasteiger partial charge >= 0.3 is 0 Å². The summed E-state index contributed by atoms with van der Waals surface area (Å²) in [6.07, 6.45) is 26.2. The van der Waals surface area contributed by atoms with Gasteiger partial charge in [-0.15, -0.1) is 0 Å². The fourth-order valence-corrected chi connectivity index (χ4v) is 17.4. The maximum Gasteiger partial charge on any atom is 0.252 e. The largest absolute Gasteiger partial charge is 0.311 e. The number of aromatic nitrogens is 2. The molecule has 4 fully saturated rings. The highest BCUT2D eigenvalue weighted by Crippen LogP contribution is 2.48. The second kappa shape index (κ2) is 20.8. The van der Waals surface area contributed by atoms with E-state index in [0.29, 0.717) is 23.7 Å². The van der Waals surface area contributed by atoms with Crippen molar-refractivity contribution in [2.24, 2.45) is 0 Å². The van der Waals surface area contributed by atoms with E-state index < -0.39 is 0 Å². The van der Waals surface area contributed by atoms with E-state index in [1.165, 1.54) is 205 Å². The molecule has 0 saturated heterocycles. The smallest absolute Gasteiger partial charge is 0.252 e. The third-order valence-electron chi connectivity index (χ3n) is 21.5. The minimum Gasteiger partial charge on any atom is -0.311 e. The minimum atomic E-state index is -0.251. The average molecular weight is 1100 g/mol. The van der Waals surface area contributed by atoms with Crippen molar-refractivity contribution in [1.29, 1.82) is 0 Å². The van der Waals surface area contributed by atoms with Crippen LogP contribution in [0.3, 0.4) is 0 Å². The number of fused-ring (bicyclic) bond motifs is 10. The third-order valence-corrected chi connectivity index (χ3v) is 21.5. The first-order valence-corrected chi connectivity index (χ1v) is 32.6. The van der Waals surface area contributed by atoms with E-state index in [2.05, 4.69) is 189 Å². The van der Waals surface area contributed by atoms with Crippen molar-refractivity contribution in [3.05, 3.63) is 210 Å². The number of para-hydroxylation sites is 2. The Morgan fingerprint density at radius 2 is 0.619 bits per heavy atom. The van der Waals surface area contributed by atoms with Crippen molar-refractivity contribution in [3.63, 3.8) is 0 Å². The van der Waals surface area contributed by atoms with Crippen LogP contribution in [0.5, 0.6) is 0 Å². The lowest BCUT2D eigenvalue weighted by molar-refractivity contribution is 0.444. The van der Waals surface area contributed by atoms with Gasteiger partial charge in [0.1, 0.15) is 5.82 Å². The third kappa shape index (κ3) is 8.34. The normalized spacial score (nSPS) is 18.0. The molecule has 0 atom stereocenters. The molecule has 84 heavy (non-hydrogen) atoms. The predicted molar refractivity (Wildman–Crippen MR) is 352 cm³/mol. The summed E-state index contributed by atoms with van der Waals surface area (Å²) in [5.41, 5.74) is 22.7. The zero-order valence-electron chi connectivity index (χ0n) is 48.5. The van der Waals surface area contributed by atoms with Crippen LogP contribution in [-0.2, 0) is 0 Å². The standard InChI is InChI=1S/C78H74BFN4/c80-59-47-76-78-77(48-59)82(61-29-17-6-18-30-61)75-50-63(84-72-41-33-57(53-23-11-3-12-24-53)45-66(72)67-46-58(34-42-73(67)84)54-25-13-4-14-26-54)36-38-69(75)79(78)68-37-35-62(49-74(68)81(76)60-27-15-5-16-28-60)83-70-39-31-55(51-19-7-1-8-20-51)43-64(70)65-44-56(32-40-71(65)83)52-21-9-2-10-22-52/h5-6,15-18,27-54H,1-4,7-14,19-26H2. The number of anilines is 6. The molecule has 2 aliphatic heterocycles. The molecule has 4 saturated carbocycles. The van der Waals surface area contributed by atoms with E-state index in [1.54, 1.807) is 12.1 Å². The first-order valence-electron chi connectivity index (χ1n) is 32.6. The number of nitrogens with zero attached hydrogens (tertiary/aromatic N) is 4. The number of hydrogen-bond donors (Lipinski definition) is 0. The molecule has 0 unspecified atom stereocenters. The van der Waals surface area contributed by atoms with Gasteiger partial charge in [0.25, 0.3) is 6.71 Å². The van der Waals surface area contributed by atoms with Crippen LogP contribution in [0.4, 0.5) is 38.5 Å². The Kier molecular flexibility index (Phi) is 12.5. The van der Waals surface area contributed by atoms with Crippen LogP contribution in [0.1, 0.15) is 174 Å². The van der Waals surface area contributed by atoms with E-state index in [1.807, 2.05) is 0 Å². The van der Waals surface area contributed by atoms with Gasteiger partial charge in [-0.1, -0.05) is 150 Å². The molecule has 0 amide bonds. The van der Waals surface area contributed by atoms with Crippen molar-refractivity contribution < 1.29 is 4.39 Å². The molecule has 17 rings (SSSR count). The van der Waals surface area contributed by atoms with E-state index in [4.69, 9.17) is 0 Å². The monoisotopic (exact) mass is 1100 g/mol. The van der Waals surface area contributed by atoms with Crippen molar-refractivity contribution in [3.8, 4) is 11.4 Å². The van der Waals surface area contributed by atoms with E-state index in [-0.39, 0.29) is 12.5 Å². The molecule has 416 valence electrons. The second-order valence-electron chi connectivity index (χ2n) is 26.2. The highest BCUT2D eigenvalue weighted by molar-refractivity contribution is 7.00. The molecule has 0 N–H and O–H groups in total. The zero-order valence-corrected chi connectivity index (χ0v) is 48.5. The Hall–Kier alpha value is -7.83. The van der Waals surface area contributed by atoms with Gasteiger partial charge in [0.05, 0.1) is 22.1 Å². The SMILES string of the molecule is Fc1cc2c3c(c1)N(c1ccccc1)c1cc(-n4c5ccc(C6CCCCC6)cc5c5cc(C6CCCCC6)ccc54)ccc1B3c1ccc(-n3c4ccc(C5CCCCC5)cc4c4cc(C5CCCCC5)ccc43)cc1N2c1ccccc1. The van der Waals surface area contributed by atoms with Gasteiger partial charge in [-0.05, 0) is 223 Å². The first kappa shape index (κ1) is 50.7. The fraction of sp³-hybridized carbons (Fsp3) is 0.308. The van der Waals surface area contributed by atoms with E-state index in [9.17, 15) is 0 Å². The van der Waals surface area contributed by atoms with Crippen molar-refractivity contribution in [2.75, 3.05) is 9.80 Å². The molecule has 11 aromatic rings. The number of halogens is 1. The van der Waals surface area contributed by atoms with Crippen LogP contribution in [0, 0.1) is 5.82 Å². The van der Waals surface area contributed by atoms with Gasteiger partial charge in [-0.25, -0.2) is 4.39 Å². The summed E-state index contributed by atoms with van der Waals surface area (Å²) in [7, 11) is 0. The first-order chi connectivity index (χ1) is 41.6.